The quantitative estimate of drug-likeness (QED) is 0.569. The lowest BCUT2D eigenvalue weighted by Gasteiger charge is -2.16. The highest BCUT2D eigenvalue weighted by Crippen LogP contribution is 2.01. The van der Waals surface area contributed by atoms with Gasteiger partial charge in [0, 0.05) is 12.6 Å². The van der Waals surface area contributed by atoms with Crippen LogP contribution in [0.2, 0.25) is 0 Å². The number of benzene rings is 1. The molecule has 0 aliphatic heterocycles. The van der Waals surface area contributed by atoms with Gasteiger partial charge in [0.1, 0.15) is 6.61 Å². The van der Waals surface area contributed by atoms with E-state index in [4.69, 9.17) is 4.74 Å². The molecule has 1 aromatic rings. The zero-order valence-electron chi connectivity index (χ0n) is 11.5. The summed E-state index contributed by atoms with van der Waals surface area (Å²) in [6.45, 7) is 7.39. The van der Waals surface area contributed by atoms with Crippen molar-refractivity contribution in [1.82, 2.24) is 4.90 Å². The molecule has 0 fully saturated rings. The van der Waals surface area contributed by atoms with Crippen molar-refractivity contribution in [2.45, 2.75) is 13.8 Å². The van der Waals surface area contributed by atoms with Gasteiger partial charge in [-0.1, -0.05) is 44.2 Å². The van der Waals surface area contributed by atoms with Crippen molar-refractivity contribution in [1.29, 1.82) is 0 Å². The summed E-state index contributed by atoms with van der Waals surface area (Å²) in [6.07, 6.45) is 3.23. The van der Waals surface area contributed by atoms with Crippen molar-refractivity contribution in [3.05, 3.63) is 42.0 Å². The SMILES string of the molecule is Br.CCN(CC)CCOC(=O)C=Cc1ccccc1. The van der Waals surface area contributed by atoms with Gasteiger partial charge in [-0.2, -0.15) is 0 Å². The molecule has 0 saturated heterocycles. The first kappa shape index (κ1) is 17.9. The predicted octanol–water partition coefficient (Wildman–Crippen LogP) is 3.16. The minimum Gasteiger partial charge on any atom is -0.461 e. The Balaban J connectivity index is 0.00000324. The van der Waals surface area contributed by atoms with Gasteiger partial charge in [0.25, 0.3) is 0 Å². The maximum Gasteiger partial charge on any atom is 0.330 e. The zero-order valence-corrected chi connectivity index (χ0v) is 13.3. The Hall–Kier alpha value is -1.13. The van der Waals surface area contributed by atoms with E-state index in [9.17, 15) is 4.79 Å². The third-order valence-electron chi connectivity index (χ3n) is 2.76. The van der Waals surface area contributed by atoms with E-state index in [-0.39, 0.29) is 23.0 Å². The highest BCUT2D eigenvalue weighted by atomic mass is 79.9. The number of halogens is 1. The lowest BCUT2D eigenvalue weighted by molar-refractivity contribution is -0.138. The van der Waals surface area contributed by atoms with Crippen LogP contribution in [-0.4, -0.2) is 37.1 Å². The van der Waals surface area contributed by atoms with Crippen molar-refractivity contribution in [2.24, 2.45) is 0 Å². The van der Waals surface area contributed by atoms with Crippen LogP contribution >= 0.6 is 17.0 Å². The molecule has 0 amide bonds. The van der Waals surface area contributed by atoms with Crippen LogP contribution in [0.3, 0.4) is 0 Å². The number of nitrogens with zero attached hydrogens (tertiary/aromatic N) is 1. The number of carbonyl (C=O) groups is 1. The molecule has 0 bridgehead atoms. The molecule has 19 heavy (non-hydrogen) atoms. The van der Waals surface area contributed by atoms with E-state index in [1.807, 2.05) is 30.3 Å². The maximum absolute atomic E-state index is 11.4. The number of hydrogen-bond acceptors (Lipinski definition) is 3. The molecule has 0 aromatic heterocycles. The summed E-state index contributed by atoms with van der Waals surface area (Å²) in [5, 5.41) is 0. The third-order valence-corrected chi connectivity index (χ3v) is 2.76. The Morgan fingerprint density at radius 2 is 1.84 bits per heavy atom. The summed E-state index contributed by atoms with van der Waals surface area (Å²) >= 11 is 0. The normalized spacial score (nSPS) is 10.5. The first-order valence-corrected chi connectivity index (χ1v) is 6.38. The molecule has 3 nitrogen and oxygen atoms in total. The first-order valence-electron chi connectivity index (χ1n) is 6.38. The van der Waals surface area contributed by atoms with Crippen LogP contribution in [-0.2, 0) is 9.53 Å². The van der Waals surface area contributed by atoms with Crippen molar-refractivity contribution < 1.29 is 9.53 Å². The Kier molecular flexibility index (Phi) is 10.1. The van der Waals surface area contributed by atoms with E-state index in [2.05, 4.69) is 18.7 Å². The molecule has 0 aliphatic carbocycles. The molecule has 0 aliphatic rings. The summed E-state index contributed by atoms with van der Waals surface area (Å²) in [5.41, 5.74) is 0.998. The summed E-state index contributed by atoms with van der Waals surface area (Å²) in [7, 11) is 0. The topological polar surface area (TPSA) is 29.5 Å². The van der Waals surface area contributed by atoms with E-state index in [1.165, 1.54) is 6.08 Å². The van der Waals surface area contributed by atoms with Crippen molar-refractivity contribution >= 4 is 29.0 Å². The average molecular weight is 328 g/mol. The molecule has 0 atom stereocenters. The van der Waals surface area contributed by atoms with Crippen LogP contribution in [0.1, 0.15) is 19.4 Å². The largest absolute Gasteiger partial charge is 0.461 e. The number of carbonyl (C=O) groups excluding carboxylic acids is 1. The third kappa shape index (κ3) is 7.80. The molecule has 106 valence electrons. The fourth-order valence-corrected chi connectivity index (χ4v) is 1.59. The minimum absolute atomic E-state index is 0. The number of esters is 1. The van der Waals surface area contributed by atoms with Gasteiger partial charge < -0.3 is 9.64 Å². The lowest BCUT2D eigenvalue weighted by atomic mass is 10.2. The minimum atomic E-state index is -0.286. The molecular formula is C15H22BrNO2. The summed E-state index contributed by atoms with van der Waals surface area (Å²) in [5.74, 6) is -0.286. The zero-order chi connectivity index (χ0) is 13.2. The average Bonchev–Trinajstić information content (AvgIpc) is 2.42. The van der Waals surface area contributed by atoms with Gasteiger partial charge in [-0.25, -0.2) is 4.79 Å². The highest BCUT2D eigenvalue weighted by molar-refractivity contribution is 8.93. The van der Waals surface area contributed by atoms with E-state index in [0.717, 1.165) is 25.2 Å². The number of ether oxygens (including phenoxy) is 1. The molecule has 4 heteroatoms. The molecule has 0 radical (unpaired) electrons. The second kappa shape index (κ2) is 10.8. The maximum atomic E-state index is 11.4. The molecule has 0 spiro atoms. The van der Waals surface area contributed by atoms with Crippen LogP contribution in [0, 0.1) is 0 Å². The Bertz CT molecular complexity index is 375. The van der Waals surface area contributed by atoms with Gasteiger partial charge in [-0.05, 0) is 24.7 Å². The van der Waals surface area contributed by atoms with E-state index >= 15 is 0 Å². The predicted molar refractivity (Wildman–Crippen MR) is 84.5 cm³/mol. The van der Waals surface area contributed by atoms with E-state index < -0.39 is 0 Å². The first-order chi connectivity index (χ1) is 8.76. The van der Waals surface area contributed by atoms with E-state index in [0.29, 0.717) is 6.61 Å². The van der Waals surface area contributed by atoms with Crippen LogP contribution < -0.4 is 0 Å². The lowest BCUT2D eigenvalue weighted by Crippen LogP contribution is -2.27. The molecule has 0 N–H and O–H groups in total. The van der Waals surface area contributed by atoms with Gasteiger partial charge in [-0.15, -0.1) is 17.0 Å². The number of rotatable bonds is 7. The fraction of sp³-hybridized carbons (Fsp3) is 0.400. The van der Waals surface area contributed by atoms with Crippen LogP contribution in [0.25, 0.3) is 6.08 Å². The molecule has 1 rings (SSSR count). The van der Waals surface area contributed by atoms with Crippen LogP contribution in [0.15, 0.2) is 36.4 Å². The number of likely N-dealkylation sites (N-methyl/N-ethyl adjacent to an activating group) is 1. The number of hydrogen-bond donors (Lipinski definition) is 0. The highest BCUT2D eigenvalue weighted by Gasteiger charge is 2.01. The van der Waals surface area contributed by atoms with Gasteiger partial charge >= 0.3 is 5.97 Å². The molecule has 0 heterocycles. The van der Waals surface area contributed by atoms with Crippen LogP contribution in [0.4, 0.5) is 0 Å². The van der Waals surface area contributed by atoms with Gasteiger partial charge in [-0.3, -0.25) is 0 Å². The fourth-order valence-electron chi connectivity index (χ4n) is 1.59. The monoisotopic (exact) mass is 327 g/mol. The van der Waals surface area contributed by atoms with Gasteiger partial charge in [0.05, 0.1) is 0 Å². The molecule has 1 aromatic carbocycles. The van der Waals surface area contributed by atoms with Crippen molar-refractivity contribution in [3.8, 4) is 0 Å². The van der Waals surface area contributed by atoms with Gasteiger partial charge in [0.2, 0.25) is 0 Å². The summed E-state index contributed by atoms with van der Waals surface area (Å²) < 4.78 is 5.13. The summed E-state index contributed by atoms with van der Waals surface area (Å²) in [4.78, 5) is 13.7. The second-order valence-electron chi connectivity index (χ2n) is 3.94. The van der Waals surface area contributed by atoms with Crippen LogP contribution in [0.5, 0.6) is 0 Å². The Morgan fingerprint density at radius 1 is 1.21 bits per heavy atom. The molecule has 0 saturated carbocycles. The van der Waals surface area contributed by atoms with Crippen molar-refractivity contribution in [2.75, 3.05) is 26.2 Å². The van der Waals surface area contributed by atoms with E-state index in [1.54, 1.807) is 6.08 Å². The smallest absolute Gasteiger partial charge is 0.330 e. The Labute approximate surface area is 126 Å². The van der Waals surface area contributed by atoms with Crippen molar-refractivity contribution in [3.63, 3.8) is 0 Å². The second-order valence-corrected chi connectivity index (χ2v) is 3.94. The molecular weight excluding hydrogens is 306 g/mol. The molecule has 0 unspecified atom stereocenters. The van der Waals surface area contributed by atoms with Gasteiger partial charge in [0.15, 0.2) is 0 Å². The standard InChI is InChI=1S/C15H21NO2.BrH/c1-3-16(4-2)12-13-18-15(17)11-10-14-8-6-5-7-9-14;/h5-11H,3-4,12-13H2,1-2H3;1H. The Morgan fingerprint density at radius 3 is 2.42 bits per heavy atom. The summed E-state index contributed by atoms with van der Waals surface area (Å²) in [6, 6.07) is 9.70.